The summed E-state index contributed by atoms with van der Waals surface area (Å²) in [5, 5.41) is 7.74. The lowest BCUT2D eigenvalue weighted by Crippen LogP contribution is -2.41. The number of aromatic nitrogens is 2. The van der Waals surface area contributed by atoms with Crippen molar-refractivity contribution in [2.45, 2.75) is 26.2 Å². The Balaban J connectivity index is 1.35. The van der Waals surface area contributed by atoms with Crippen LogP contribution in [0.1, 0.15) is 25.3 Å². The SMILES string of the molecule is CCNC(=NCCc1ccc(-n2cccn2)cc1)N1CCC2(CCOC2)C1. The van der Waals surface area contributed by atoms with E-state index < -0.39 is 0 Å². The molecule has 6 nitrogen and oxygen atoms in total. The van der Waals surface area contributed by atoms with Crippen molar-refractivity contribution in [1.82, 2.24) is 20.0 Å². The summed E-state index contributed by atoms with van der Waals surface area (Å²) in [4.78, 5) is 7.31. The molecular weight excluding hydrogens is 338 g/mol. The first kappa shape index (κ1) is 18.0. The third-order valence-corrected chi connectivity index (χ3v) is 5.63. The number of rotatable bonds is 5. The average molecular weight is 367 g/mol. The molecule has 1 aromatic heterocycles. The van der Waals surface area contributed by atoms with Crippen LogP contribution < -0.4 is 5.32 Å². The molecule has 1 N–H and O–H groups in total. The van der Waals surface area contributed by atoms with Crippen LogP contribution in [0.5, 0.6) is 0 Å². The molecule has 0 saturated carbocycles. The van der Waals surface area contributed by atoms with E-state index >= 15 is 0 Å². The summed E-state index contributed by atoms with van der Waals surface area (Å²) in [6.45, 7) is 7.79. The van der Waals surface area contributed by atoms with E-state index in [1.807, 2.05) is 16.9 Å². The minimum atomic E-state index is 0.360. The average Bonchev–Trinajstić information content (AvgIpc) is 3.45. The van der Waals surface area contributed by atoms with Gasteiger partial charge in [0.25, 0.3) is 0 Å². The molecule has 4 rings (SSSR count). The van der Waals surface area contributed by atoms with E-state index in [4.69, 9.17) is 9.73 Å². The standard InChI is InChI=1S/C21H29N5O/c1-2-22-20(25-14-9-21(16-25)10-15-27-17-21)23-12-8-18-4-6-19(7-5-18)26-13-3-11-24-26/h3-7,11,13H,2,8-10,12,14-17H2,1H3,(H,22,23). The summed E-state index contributed by atoms with van der Waals surface area (Å²) in [5.74, 6) is 1.05. The highest BCUT2D eigenvalue weighted by molar-refractivity contribution is 5.80. The predicted octanol–water partition coefficient (Wildman–Crippen LogP) is 2.49. The number of hydrogen-bond donors (Lipinski definition) is 1. The molecule has 1 spiro atoms. The summed E-state index contributed by atoms with van der Waals surface area (Å²) in [7, 11) is 0. The lowest BCUT2D eigenvalue weighted by molar-refractivity contribution is 0.156. The quantitative estimate of drug-likeness (QED) is 0.652. The van der Waals surface area contributed by atoms with Gasteiger partial charge < -0.3 is 15.0 Å². The molecule has 1 atom stereocenters. The van der Waals surface area contributed by atoms with Crippen molar-refractivity contribution >= 4 is 5.96 Å². The van der Waals surface area contributed by atoms with Crippen molar-refractivity contribution in [2.75, 3.05) is 39.4 Å². The van der Waals surface area contributed by atoms with Crippen LogP contribution in [-0.2, 0) is 11.2 Å². The summed E-state index contributed by atoms with van der Waals surface area (Å²) >= 11 is 0. The molecule has 2 fully saturated rings. The fraction of sp³-hybridized carbons (Fsp3) is 0.524. The van der Waals surface area contributed by atoms with Crippen molar-refractivity contribution < 1.29 is 4.74 Å². The number of benzene rings is 1. The van der Waals surface area contributed by atoms with Gasteiger partial charge >= 0.3 is 0 Å². The van der Waals surface area contributed by atoms with Gasteiger partial charge in [-0.05, 0) is 49.9 Å². The first-order chi connectivity index (χ1) is 13.3. The van der Waals surface area contributed by atoms with Crippen LogP contribution in [0.4, 0.5) is 0 Å². The van der Waals surface area contributed by atoms with Crippen molar-refractivity contribution in [2.24, 2.45) is 10.4 Å². The van der Waals surface area contributed by atoms with E-state index in [9.17, 15) is 0 Å². The Morgan fingerprint density at radius 3 is 2.89 bits per heavy atom. The zero-order valence-corrected chi connectivity index (χ0v) is 16.1. The zero-order chi connectivity index (χ0) is 18.5. The van der Waals surface area contributed by atoms with Crippen molar-refractivity contribution in [3.05, 3.63) is 48.3 Å². The Morgan fingerprint density at radius 2 is 2.19 bits per heavy atom. The molecule has 2 aliphatic rings. The fourth-order valence-corrected chi connectivity index (χ4v) is 4.04. The molecule has 6 heteroatoms. The second kappa shape index (κ2) is 8.13. The smallest absolute Gasteiger partial charge is 0.193 e. The molecular formula is C21H29N5O. The van der Waals surface area contributed by atoms with Crippen LogP contribution >= 0.6 is 0 Å². The Labute approximate surface area is 161 Å². The molecule has 3 heterocycles. The summed E-state index contributed by atoms with van der Waals surface area (Å²) in [6, 6.07) is 10.5. The first-order valence-corrected chi connectivity index (χ1v) is 9.98. The van der Waals surface area contributed by atoms with Gasteiger partial charge in [0.05, 0.1) is 12.3 Å². The zero-order valence-electron chi connectivity index (χ0n) is 16.1. The number of ether oxygens (including phenoxy) is 1. The minimum absolute atomic E-state index is 0.360. The van der Waals surface area contributed by atoms with Crippen molar-refractivity contribution in [1.29, 1.82) is 0 Å². The third kappa shape index (κ3) is 4.16. The van der Waals surface area contributed by atoms with Crippen LogP contribution in [0.2, 0.25) is 0 Å². The van der Waals surface area contributed by atoms with Crippen molar-refractivity contribution in [3.63, 3.8) is 0 Å². The molecule has 1 unspecified atom stereocenters. The minimum Gasteiger partial charge on any atom is -0.381 e. The van der Waals surface area contributed by atoms with Crippen LogP contribution in [0.15, 0.2) is 47.7 Å². The van der Waals surface area contributed by atoms with Crippen LogP contribution in [0, 0.1) is 5.41 Å². The second-order valence-electron chi connectivity index (χ2n) is 7.58. The van der Waals surface area contributed by atoms with E-state index in [0.29, 0.717) is 5.41 Å². The summed E-state index contributed by atoms with van der Waals surface area (Å²) in [6.07, 6.45) is 7.10. The molecule has 0 aliphatic carbocycles. The van der Waals surface area contributed by atoms with Gasteiger partial charge in [-0.25, -0.2) is 4.68 Å². The highest BCUT2D eigenvalue weighted by atomic mass is 16.5. The molecule has 0 radical (unpaired) electrons. The van der Waals surface area contributed by atoms with E-state index in [1.165, 1.54) is 18.4 Å². The maximum absolute atomic E-state index is 5.65. The van der Waals surface area contributed by atoms with Crippen LogP contribution in [-0.4, -0.2) is 60.0 Å². The van der Waals surface area contributed by atoms with E-state index in [-0.39, 0.29) is 0 Å². The predicted molar refractivity (Wildman–Crippen MR) is 107 cm³/mol. The number of guanidine groups is 1. The molecule has 0 amide bonds. The summed E-state index contributed by atoms with van der Waals surface area (Å²) in [5.41, 5.74) is 2.74. The van der Waals surface area contributed by atoms with Gasteiger partial charge in [-0.15, -0.1) is 0 Å². The molecule has 2 aromatic rings. The molecule has 0 bridgehead atoms. The fourth-order valence-electron chi connectivity index (χ4n) is 4.04. The Bertz CT molecular complexity index is 747. The number of nitrogens with one attached hydrogen (secondary N) is 1. The van der Waals surface area contributed by atoms with Gasteiger partial charge in [0.15, 0.2) is 5.96 Å². The Kier molecular flexibility index (Phi) is 5.43. The molecule has 144 valence electrons. The highest BCUT2D eigenvalue weighted by Crippen LogP contribution is 2.38. The number of hydrogen-bond acceptors (Lipinski definition) is 3. The lowest BCUT2D eigenvalue weighted by Gasteiger charge is -2.25. The topological polar surface area (TPSA) is 54.7 Å². The van der Waals surface area contributed by atoms with Crippen LogP contribution in [0.3, 0.4) is 0 Å². The molecule has 27 heavy (non-hydrogen) atoms. The van der Waals surface area contributed by atoms with Crippen LogP contribution in [0.25, 0.3) is 5.69 Å². The number of aliphatic imine (C=N–C) groups is 1. The van der Waals surface area contributed by atoms with Gasteiger partial charge in [-0.2, -0.15) is 5.10 Å². The second-order valence-corrected chi connectivity index (χ2v) is 7.58. The number of likely N-dealkylation sites (tertiary alicyclic amines) is 1. The van der Waals surface area contributed by atoms with E-state index in [1.54, 1.807) is 6.20 Å². The van der Waals surface area contributed by atoms with E-state index in [0.717, 1.165) is 57.5 Å². The molecule has 2 saturated heterocycles. The Hall–Kier alpha value is -2.34. The summed E-state index contributed by atoms with van der Waals surface area (Å²) < 4.78 is 7.53. The van der Waals surface area contributed by atoms with Gasteiger partial charge in [0, 0.05) is 50.6 Å². The van der Waals surface area contributed by atoms with Gasteiger partial charge in [-0.1, -0.05) is 12.1 Å². The first-order valence-electron chi connectivity index (χ1n) is 9.98. The van der Waals surface area contributed by atoms with E-state index in [2.05, 4.69) is 46.5 Å². The van der Waals surface area contributed by atoms with Crippen molar-refractivity contribution in [3.8, 4) is 5.69 Å². The normalized spacial score (nSPS) is 22.7. The monoisotopic (exact) mass is 367 g/mol. The maximum atomic E-state index is 5.65. The third-order valence-electron chi connectivity index (χ3n) is 5.63. The van der Waals surface area contributed by atoms with Gasteiger partial charge in [-0.3, -0.25) is 4.99 Å². The highest BCUT2D eigenvalue weighted by Gasteiger charge is 2.42. The number of nitrogens with zero attached hydrogens (tertiary/aromatic N) is 4. The maximum Gasteiger partial charge on any atom is 0.193 e. The largest absolute Gasteiger partial charge is 0.381 e. The lowest BCUT2D eigenvalue weighted by atomic mass is 9.87. The van der Waals surface area contributed by atoms with Gasteiger partial charge in [0.2, 0.25) is 0 Å². The molecule has 2 aliphatic heterocycles. The van der Waals surface area contributed by atoms with Gasteiger partial charge in [0.1, 0.15) is 0 Å². The Morgan fingerprint density at radius 1 is 1.30 bits per heavy atom. The molecule has 1 aromatic carbocycles.